The van der Waals surface area contributed by atoms with Crippen LogP contribution in [0.2, 0.25) is 0 Å². The van der Waals surface area contributed by atoms with E-state index in [1.807, 2.05) is 117 Å². The number of nitrogens with one attached hydrogen (secondary N) is 2. The molecule has 0 radical (unpaired) electrons. The lowest BCUT2D eigenvalue weighted by atomic mass is 9.97. The molecule has 0 aliphatic carbocycles. The Kier molecular flexibility index (Phi) is 13.1. The van der Waals surface area contributed by atoms with Gasteiger partial charge >= 0.3 is 12.0 Å². The van der Waals surface area contributed by atoms with Gasteiger partial charge in [0.15, 0.2) is 6.29 Å². The van der Waals surface area contributed by atoms with E-state index < -0.39 is 24.4 Å². The van der Waals surface area contributed by atoms with E-state index in [1.165, 1.54) is 0 Å². The zero-order chi connectivity index (χ0) is 35.5. The fourth-order valence-electron chi connectivity index (χ4n) is 6.07. The Morgan fingerprint density at radius 1 is 0.900 bits per heavy atom. The maximum Gasteiger partial charge on any atom is 0.325 e. The fraction of sp³-hybridized carbons (Fsp3) is 0.350. The Hall–Kier alpha value is -4.58. The van der Waals surface area contributed by atoms with Gasteiger partial charge in [0.05, 0.1) is 31.5 Å². The lowest BCUT2D eigenvalue weighted by Gasteiger charge is -2.39. The monoisotopic (exact) mass is 681 g/mol. The molecule has 1 saturated heterocycles. The number of carbonyl (C=O) groups excluding carboxylic acids is 2. The predicted octanol–water partition coefficient (Wildman–Crippen LogP) is 5.81. The maximum absolute atomic E-state index is 12.3. The first kappa shape index (κ1) is 36.7. The van der Waals surface area contributed by atoms with E-state index in [-0.39, 0.29) is 44.6 Å². The SMILES string of the molecule is CCOC(=O)CNC(=O)NCc1ccccc1-c1ccc([C@H]2O[C@@H](CN(C)[C@H](C)[C@@H](O)c3ccccc3)C[C@@H](c3ccc(CO)cc3)O2)cc1. The van der Waals surface area contributed by atoms with Gasteiger partial charge in [-0.05, 0) is 54.3 Å². The number of carbonyl (C=O) groups is 2. The number of esters is 1. The van der Waals surface area contributed by atoms with Crippen LogP contribution in [0.15, 0.2) is 103 Å². The Morgan fingerprint density at radius 3 is 2.28 bits per heavy atom. The lowest BCUT2D eigenvalue weighted by Crippen LogP contribution is -2.43. The Labute approximate surface area is 294 Å². The number of rotatable bonds is 14. The molecular weight excluding hydrogens is 634 g/mol. The van der Waals surface area contributed by atoms with Crippen LogP contribution >= 0.6 is 0 Å². The number of ether oxygens (including phenoxy) is 3. The minimum Gasteiger partial charge on any atom is -0.465 e. The van der Waals surface area contributed by atoms with Crippen molar-refractivity contribution in [3.8, 4) is 11.1 Å². The second-order valence-corrected chi connectivity index (χ2v) is 12.5. The summed E-state index contributed by atoms with van der Waals surface area (Å²) in [5.74, 6) is -0.491. The average Bonchev–Trinajstić information content (AvgIpc) is 3.16. The molecule has 10 heteroatoms. The first-order valence-electron chi connectivity index (χ1n) is 17.0. The average molecular weight is 682 g/mol. The number of aliphatic hydroxyl groups is 2. The predicted molar refractivity (Wildman–Crippen MR) is 191 cm³/mol. The second kappa shape index (κ2) is 17.9. The van der Waals surface area contributed by atoms with E-state index in [2.05, 4.69) is 15.5 Å². The Morgan fingerprint density at radius 2 is 1.58 bits per heavy atom. The van der Waals surface area contributed by atoms with Crippen molar-refractivity contribution in [1.29, 1.82) is 0 Å². The van der Waals surface area contributed by atoms with Gasteiger partial charge in [-0.25, -0.2) is 4.79 Å². The van der Waals surface area contributed by atoms with Gasteiger partial charge in [0, 0.05) is 31.1 Å². The van der Waals surface area contributed by atoms with Gasteiger partial charge in [0.2, 0.25) is 0 Å². The fourth-order valence-corrected chi connectivity index (χ4v) is 6.07. The highest BCUT2D eigenvalue weighted by atomic mass is 16.7. The molecule has 0 bridgehead atoms. The third-order valence-electron chi connectivity index (χ3n) is 9.05. The van der Waals surface area contributed by atoms with Crippen molar-refractivity contribution in [3.63, 3.8) is 0 Å². The molecular formula is C40H47N3O7. The minimum absolute atomic E-state index is 0.0270. The number of benzene rings is 4. The number of nitrogens with zero attached hydrogens (tertiary/aromatic N) is 1. The topological polar surface area (TPSA) is 130 Å². The highest BCUT2D eigenvalue weighted by molar-refractivity contribution is 5.81. The molecule has 5 atom stereocenters. The van der Waals surface area contributed by atoms with E-state index in [0.29, 0.717) is 13.0 Å². The van der Waals surface area contributed by atoms with Crippen LogP contribution in [0.1, 0.15) is 66.6 Å². The normalized spacial score (nSPS) is 18.6. The highest BCUT2D eigenvalue weighted by Crippen LogP contribution is 2.39. The van der Waals surface area contributed by atoms with Crippen molar-refractivity contribution < 1.29 is 34.0 Å². The second-order valence-electron chi connectivity index (χ2n) is 12.5. The van der Waals surface area contributed by atoms with Crippen molar-refractivity contribution >= 4 is 12.0 Å². The summed E-state index contributed by atoms with van der Waals surface area (Å²) < 4.78 is 18.0. The van der Waals surface area contributed by atoms with Gasteiger partial charge in [-0.3, -0.25) is 9.69 Å². The number of hydrogen-bond donors (Lipinski definition) is 4. The molecule has 0 saturated carbocycles. The molecule has 5 rings (SSSR count). The number of urea groups is 1. The molecule has 0 aromatic heterocycles. The number of likely N-dealkylation sites (N-methyl/N-ethyl adjacent to an activating group) is 1. The quantitative estimate of drug-likeness (QED) is 0.123. The summed E-state index contributed by atoms with van der Waals surface area (Å²) in [4.78, 5) is 26.0. The summed E-state index contributed by atoms with van der Waals surface area (Å²) in [6.45, 7) is 4.61. The zero-order valence-corrected chi connectivity index (χ0v) is 28.8. The molecule has 1 aliphatic rings. The molecule has 1 fully saturated rings. The van der Waals surface area contributed by atoms with Crippen molar-refractivity contribution in [2.75, 3.05) is 26.7 Å². The van der Waals surface area contributed by atoms with Crippen molar-refractivity contribution in [2.45, 2.75) is 64.1 Å². The molecule has 0 unspecified atom stereocenters. The van der Waals surface area contributed by atoms with Gasteiger partial charge in [0.1, 0.15) is 6.54 Å². The van der Waals surface area contributed by atoms with Crippen LogP contribution in [0, 0.1) is 0 Å². The van der Waals surface area contributed by atoms with Crippen molar-refractivity contribution in [3.05, 3.63) is 131 Å². The van der Waals surface area contributed by atoms with Crippen LogP contribution in [0.4, 0.5) is 4.79 Å². The molecule has 0 spiro atoms. The van der Waals surface area contributed by atoms with Gasteiger partial charge in [0.25, 0.3) is 0 Å². The summed E-state index contributed by atoms with van der Waals surface area (Å²) in [5.41, 5.74) is 6.41. The first-order valence-corrected chi connectivity index (χ1v) is 17.0. The van der Waals surface area contributed by atoms with Crippen LogP contribution in [-0.2, 0) is 32.2 Å². The third kappa shape index (κ3) is 9.77. The molecule has 4 aromatic carbocycles. The minimum atomic E-state index is -0.650. The smallest absolute Gasteiger partial charge is 0.325 e. The van der Waals surface area contributed by atoms with E-state index in [4.69, 9.17) is 14.2 Å². The molecule has 1 heterocycles. The van der Waals surface area contributed by atoms with E-state index in [9.17, 15) is 19.8 Å². The molecule has 2 amide bonds. The first-order chi connectivity index (χ1) is 24.2. The number of aliphatic hydroxyl groups excluding tert-OH is 2. The van der Waals surface area contributed by atoms with Crippen LogP contribution in [0.25, 0.3) is 11.1 Å². The molecule has 4 N–H and O–H groups in total. The maximum atomic E-state index is 12.3. The summed E-state index contributed by atoms with van der Waals surface area (Å²) in [5, 5.41) is 26.0. The third-order valence-corrected chi connectivity index (χ3v) is 9.05. The van der Waals surface area contributed by atoms with E-state index in [1.54, 1.807) is 6.92 Å². The molecule has 10 nitrogen and oxygen atoms in total. The number of hydrogen-bond acceptors (Lipinski definition) is 8. The summed E-state index contributed by atoms with van der Waals surface area (Å²) in [7, 11) is 2.00. The lowest BCUT2D eigenvalue weighted by molar-refractivity contribution is -0.253. The summed E-state index contributed by atoms with van der Waals surface area (Å²) in [6, 6.07) is 32.7. The Bertz CT molecular complexity index is 1670. The Balaban J connectivity index is 1.30. The molecule has 4 aromatic rings. The van der Waals surface area contributed by atoms with E-state index >= 15 is 0 Å². The molecule has 1 aliphatic heterocycles. The summed E-state index contributed by atoms with van der Waals surface area (Å²) in [6.07, 6.45) is -1.08. The van der Waals surface area contributed by atoms with Gasteiger partial charge in [-0.15, -0.1) is 0 Å². The standard InChI is InChI=1S/C40H47N3O7/c1-4-48-37(45)24-42-40(47)41-23-33-12-8-9-13-35(33)29-18-20-32(21-19-29)39-49-34(22-36(50-39)30-16-14-28(26-44)15-17-30)25-43(3)27(2)38(46)31-10-6-5-7-11-31/h5-21,27,34,36,38-39,44,46H,4,22-26H2,1-3H3,(H2,41,42,47)/t27-,34-,36+,38-,39+/m1/s1. The van der Waals surface area contributed by atoms with Gasteiger partial charge < -0.3 is 35.1 Å². The van der Waals surface area contributed by atoms with Crippen LogP contribution in [0.3, 0.4) is 0 Å². The van der Waals surface area contributed by atoms with Crippen LogP contribution in [0.5, 0.6) is 0 Å². The molecule has 264 valence electrons. The highest BCUT2D eigenvalue weighted by Gasteiger charge is 2.34. The number of amides is 2. The van der Waals surface area contributed by atoms with Gasteiger partial charge in [-0.2, -0.15) is 0 Å². The van der Waals surface area contributed by atoms with Crippen molar-refractivity contribution in [2.24, 2.45) is 0 Å². The van der Waals surface area contributed by atoms with Crippen molar-refractivity contribution in [1.82, 2.24) is 15.5 Å². The van der Waals surface area contributed by atoms with Gasteiger partial charge in [-0.1, -0.05) is 103 Å². The van der Waals surface area contributed by atoms with Crippen LogP contribution in [-0.4, -0.2) is 66.0 Å². The van der Waals surface area contributed by atoms with Crippen LogP contribution < -0.4 is 10.6 Å². The van der Waals surface area contributed by atoms with E-state index in [0.717, 1.165) is 38.9 Å². The zero-order valence-electron chi connectivity index (χ0n) is 28.8. The summed E-state index contributed by atoms with van der Waals surface area (Å²) >= 11 is 0. The molecule has 50 heavy (non-hydrogen) atoms. The largest absolute Gasteiger partial charge is 0.465 e.